The molecule has 0 bridgehead atoms. The zero-order valence-corrected chi connectivity index (χ0v) is 12.6. The molecule has 2 aliphatic rings. The van der Waals surface area contributed by atoms with Crippen LogP contribution < -0.4 is 16.0 Å². The van der Waals surface area contributed by atoms with E-state index in [1.54, 1.807) is 0 Å². The fraction of sp³-hybridized carbons (Fsp3) is 0.733. The van der Waals surface area contributed by atoms with Gasteiger partial charge in [-0.15, -0.1) is 0 Å². The molecule has 3 rings (SSSR count). The van der Waals surface area contributed by atoms with Crippen LogP contribution in [0.3, 0.4) is 0 Å². The van der Waals surface area contributed by atoms with Crippen molar-refractivity contribution in [3.8, 4) is 0 Å². The molecule has 116 valence electrons. The number of nitrogen functional groups attached to an aromatic ring is 1. The Hall–Kier alpha value is -1.56. The van der Waals surface area contributed by atoms with E-state index in [2.05, 4.69) is 20.2 Å². The largest absolute Gasteiger partial charge is 0.381 e. The Kier molecular flexibility index (Phi) is 4.75. The van der Waals surface area contributed by atoms with Crippen LogP contribution in [-0.4, -0.2) is 42.8 Å². The highest BCUT2D eigenvalue weighted by molar-refractivity contribution is 5.53. The molecule has 0 aromatic carbocycles. The van der Waals surface area contributed by atoms with Gasteiger partial charge in [0.05, 0.1) is 0 Å². The second-order valence-electron chi connectivity index (χ2n) is 5.96. The quantitative estimate of drug-likeness (QED) is 0.862. The monoisotopic (exact) mass is 291 g/mol. The van der Waals surface area contributed by atoms with E-state index in [4.69, 9.17) is 10.5 Å². The highest BCUT2D eigenvalue weighted by atomic mass is 16.5. The maximum absolute atomic E-state index is 5.83. The maximum Gasteiger partial charge on any atom is 0.223 e. The number of aromatic nitrogens is 2. The van der Waals surface area contributed by atoms with Gasteiger partial charge in [-0.2, -0.15) is 9.97 Å². The zero-order valence-electron chi connectivity index (χ0n) is 12.6. The Morgan fingerprint density at radius 2 is 2.14 bits per heavy atom. The van der Waals surface area contributed by atoms with E-state index in [0.29, 0.717) is 11.9 Å². The molecule has 1 aromatic heterocycles. The van der Waals surface area contributed by atoms with Crippen LogP contribution in [0.1, 0.15) is 32.1 Å². The third-order valence-corrected chi connectivity index (χ3v) is 4.27. The molecule has 2 saturated heterocycles. The lowest BCUT2D eigenvalue weighted by Gasteiger charge is -2.22. The first-order valence-corrected chi connectivity index (χ1v) is 8.02. The molecule has 0 saturated carbocycles. The Morgan fingerprint density at radius 3 is 2.90 bits per heavy atom. The average molecular weight is 291 g/mol. The molecule has 1 atom stereocenters. The van der Waals surface area contributed by atoms with Gasteiger partial charge in [0.25, 0.3) is 0 Å². The van der Waals surface area contributed by atoms with Gasteiger partial charge in [-0.05, 0) is 38.0 Å². The third kappa shape index (κ3) is 3.97. The van der Waals surface area contributed by atoms with Crippen LogP contribution >= 0.6 is 0 Å². The molecule has 0 radical (unpaired) electrons. The van der Waals surface area contributed by atoms with Crippen molar-refractivity contribution in [1.29, 1.82) is 0 Å². The van der Waals surface area contributed by atoms with Crippen molar-refractivity contribution in [3.05, 3.63) is 6.07 Å². The second kappa shape index (κ2) is 6.93. The van der Waals surface area contributed by atoms with Gasteiger partial charge in [-0.3, -0.25) is 0 Å². The summed E-state index contributed by atoms with van der Waals surface area (Å²) in [6.45, 7) is 4.85. The van der Waals surface area contributed by atoms with Crippen molar-refractivity contribution in [2.45, 2.75) is 32.1 Å². The minimum atomic E-state index is 0.350. The number of nitrogens with one attached hydrogen (secondary N) is 1. The first-order chi connectivity index (χ1) is 10.3. The molecular weight excluding hydrogens is 266 g/mol. The van der Waals surface area contributed by atoms with Crippen molar-refractivity contribution in [3.63, 3.8) is 0 Å². The number of nitrogens with two attached hydrogens (primary N) is 1. The van der Waals surface area contributed by atoms with Crippen LogP contribution in [-0.2, 0) is 4.74 Å². The van der Waals surface area contributed by atoms with Gasteiger partial charge in [0.1, 0.15) is 11.6 Å². The Bertz CT molecular complexity index is 455. The predicted octanol–water partition coefficient (Wildman–Crippen LogP) is 1.89. The third-order valence-electron chi connectivity index (χ3n) is 4.27. The summed E-state index contributed by atoms with van der Waals surface area (Å²) in [6.07, 6.45) is 6.03. The summed E-state index contributed by atoms with van der Waals surface area (Å²) in [7, 11) is 0. The molecule has 3 heterocycles. The molecule has 21 heavy (non-hydrogen) atoms. The fourth-order valence-electron chi connectivity index (χ4n) is 3.09. The maximum atomic E-state index is 5.83. The first-order valence-electron chi connectivity index (χ1n) is 8.02. The van der Waals surface area contributed by atoms with Gasteiger partial charge in [0.2, 0.25) is 5.95 Å². The molecule has 3 N–H and O–H groups in total. The molecule has 2 fully saturated rings. The lowest BCUT2D eigenvalue weighted by molar-refractivity contribution is 0.0530. The van der Waals surface area contributed by atoms with Crippen LogP contribution in [0.25, 0.3) is 0 Å². The summed E-state index contributed by atoms with van der Waals surface area (Å²) in [5, 5.41) is 3.38. The number of nitrogens with zero attached hydrogens (tertiary/aromatic N) is 3. The van der Waals surface area contributed by atoms with E-state index in [0.717, 1.165) is 50.9 Å². The lowest BCUT2D eigenvalue weighted by atomic mass is 9.99. The SMILES string of the molecule is Nc1nc(NCCC2CCCOC2)cc(N2CCCC2)n1. The summed E-state index contributed by atoms with van der Waals surface area (Å²) < 4.78 is 5.51. The van der Waals surface area contributed by atoms with Crippen LogP contribution in [0.2, 0.25) is 0 Å². The summed E-state index contributed by atoms with van der Waals surface area (Å²) in [5.74, 6) is 2.80. The fourth-order valence-corrected chi connectivity index (χ4v) is 3.09. The normalized spacial score (nSPS) is 22.5. The van der Waals surface area contributed by atoms with Crippen LogP contribution in [0.15, 0.2) is 6.07 Å². The molecule has 2 aliphatic heterocycles. The van der Waals surface area contributed by atoms with Crippen molar-refractivity contribution < 1.29 is 4.74 Å². The molecule has 1 unspecified atom stereocenters. The minimum Gasteiger partial charge on any atom is -0.381 e. The van der Waals surface area contributed by atoms with Gasteiger partial charge < -0.3 is 20.7 Å². The van der Waals surface area contributed by atoms with E-state index >= 15 is 0 Å². The number of rotatable bonds is 5. The Labute approximate surface area is 126 Å². The van der Waals surface area contributed by atoms with Gasteiger partial charge in [0, 0.05) is 38.9 Å². The van der Waals surface area contributed by atoms with E-state index in [1.165, 1.54) is 25.7 Å². The van der Waals surface area contributed by atoms with Crippen molar-refractivity contribution in [1.82, 2.24) is 9.97 Å². The number of anilines is 3. The van der Waals surface area contributed by atoms with E-state index < -0.39 is 0 Å². The molecule has 1 aromatic rings. The average Bonchev–Trinajstić information content (AvgIpc) is 3.02. The Morgan fingerprint density at radius 1 is 1.29 bits per heavy atom. The molecule has 0 amide bonds. The van der Waals surface area contributed by atoms with Gasteiger partial charge >= 0.3 is 0 Å². The first kappa shape index (κ1) is 14.4. The van der Waals surface area contributed by atoms with Crippen LogP contribution in [0.5, 0.6) is 0 Å². The van der Waals surface area contributed by atoms with E-state index in [9.17, 15) is 0 Å². The van der Waals surface area contributed by atoms with Crippen molar-refractivity contribution in [2.75, 3.05) is 48.8 Å². The van der Waals surface area contributed by atoms with Crippen molar-refractivity contribution in [2.24, 2.45) is 5.92 Å². The summed E-state index contributed by atoms with van der Waals surface area (Å²) >= 11 is 0. The van der Waals surface area contributed by atoms with Gasteiger partial charge in [0.15, 0.2) is 0 Å². The van der Waals surface area contributed by atoms with Gasteiger partial charge in [-0.1, -0.05) is 0 Å². The molecule has 0 aliphatic carbocycles. The van der Waals surface area contributed by atoms with E-state index in [1.807, 2.05) is 6.07 Å². The zero-order chi connectivity index (χ0) is 14.5. The summed E-state index contributed by atoms with van der Waals surface area (Å²) in [4.78, 5) is 10.9. The second-order valence-corrected chi connectivity index (χ2v) is 5.96. The number of hydrogen-bond acceptors (Lipinski definition) is 6. The number of ether oxygens (including phenoxy) is 1. The topological polar surface area (TPSA) is 76.3 Å². The summed E-state index contributed by atoms with van der Waals surface area (Å²) in [6, 6.07) is 2.01. The van der Waals surface area contributed by atoms with Crippen LogP contribution in [0.4, 0.5) is 17.6 Å². The van der Waals surface area contributed by atoms with Crippen LogP contribution in [0, 0.1) is 5.92 Å². The molecule has 0 spiro atoms. The molecule has 6 nitrogen and oxygen atoms in total. The molecular formula is C15H25N5O. The number of hydrogen-bond donors (Lipinski definition) is 2. The minimum absolute atomic E-state index is 0.350. The van der Waals surface area contributed by atoms with Gasteiger partial charge in [-0.25, -0.2) is 0 Å². The predicted molar refractivity (Wildman–Crippen MR) is 84.5 cm³/mol. The lowest BCUT2D eigenvalue weighted by Crippen LogP contribution is -2.21. The highest BCUT2D eigenvalue weighted by Gasteiger charge is 2.16. The summed E-state index contributed by atoms with van der Waals surface area (Å²) in [5.41, 5.74) is 5.83. The standard InChI is InChI=1S/C15H25N5O/c16-15-18-13(10-14(19-15)20-7-1-2-8-20)17-6-5-12-4-3-9-21-11-12/h10,12H,1-9,11H2,(H3,16,17,18,19). The smallest absolute Gasteiger partial charge is 0.223 e. The van der Waals surface area contributed by atoms with E-state index in [-0.39, 0.29) is 0 Å². The van der Waals surface area contributed by atoms with Crippen molar-refractivity contribution >= 4 is 17.6 Å². The Balaban J connectivity index is 1.54. The highest BCUT2D eigenvalue weighted by Crippen LogP contribution is 2.22. The molecule has 6 heteroatoms.